The number of halogens is 6. The highest BCUT2D eigenvalue weighted by Crippen LogP contribution is 2.31. The number of hydrogen-bond donors (Lipinski definition) is 1. The van der Waals surface area contributed by atoms with E-state index in [2.05, 4.69) is 15.9 Å². The van der Waals surface area contributed by atoms with E-state index >= 15 is 0 Å². The van der Waals surface area contributed by atoms with E-state index in [1.807, 2.05) is 0 Å². The maximum Gasteiger partial charge on any atom is 0.416 e. The molecule has 0 saturated carbocycles. The zero-order chi connectivity index (χ0) is 15.8. The van der Waals surface area contributed by atoms with Crippen LogP contribution in [0.5, 0.6) is 0 Å². The molecule has 2 aromatic carbocycles. The van der Waals surface area contributed by atoms with Crippen LogP contribution in [0.3, 0.4) is 0 Å². The monoisotopic (exact) mass is 365 g/mol. The molecule has 2 aromatic rings. The van der Waals surface area contributed by atoms with Gasteiger partial charge in [0.1, 0.15) is 11.6 Å². The molecule has 2 N–H and O–H groups in total. The molecule has 0 fully saturated rings. The summed E-state index contributed by atoms with van der Waals surface area (Å²) < 4.78 is 64.5. The van der Waals surface area contributed by atoms with Crippen molar-refractivity contribution in [3.05, 3.63) is 69.2 Å². The summed E-state index contributed by atoms with van der Waals surface area (Å²) in [7, 11) is 0. The van der Waals surface area contributed by atoms with Crippen molar-refractivity contribution < 1.29 is 22.0 Å². The fraction of sp³-hybridized carbons (Fsp3) is 0.143. The van der Waals surface area contributed by atoms with Gasteiger partial charge in [-0.3, -0.25) is 0 Å². The summed E-state index contributed by atoms with van der Waals surface area (Å²) >= 11 is 2.84. The third-order valence-electron chi connectivity index (χ3n) is 2.97. The van der Waals surface area contributed by atoms with Gasteiger partial charge in [-0.1, -0.05) is 12.1 Å². The first-order chi connectivity index (χ1) is 9.70. The Hall–Kier alpha value is -1.47. The van der Waals surface area contributed by atoms with Gasteiger partial charge in [0.15, 0.2) is 0 Å². The lowest BCUT2D eigenvalue weighted by molar-refractivity contribution is -0.137. The largest absolute Gasteiger partial charge is 0.416 e. The van der Waals surface area contributed by atoms with Crippen LogP contribution in [0, 0.1) is 11.6 Å². The highest BCUT2D eigenvalue weighted by atomic mass is 79.9. The smallest absolute Gasteiger partial charge is 0.320 e. The molecule has 0 radical (unpaired) electrons. The lowest BCUT2D eigenvalue weighted by atomic mass is 9.98. The van der Waals surface area contributed by atoms with Crippen LogP contribution in [0.1, 0.15) is 22.7 Å². The molecule has 21 heavy (non-hydrogen) atoms. The van der Waals surface area contributed by atoms with Crippen LogP contribution in [0.4, 0.5) is 22.0 Å². The third-order valence-corrected chi connectivity index (χ3v) is 3.58. The average Bonchev–Trinajstić information content (AvgIpc) is 2.41. The van der Waals surface area contributed by atoms with Crippen LogP contribution in [-0.2, 0) is 6.18 Å². The Kier molecular flexibility index (Phi) is 4.34. The van der Waals surface area contributed by atoms with Crippen molar-refractivity contribution in [2.24, 2.45) is 5.73 Å². The lowest BCUT2D eigenvalue weighted by Gasteiger charge is -2.15. The zero-order valence-electron chi connectivity index (χ0n) is 10.4. The molecule has 0 saturated heterocycles. The molecule has 0 bridgehead atoms. The Bertz CT molecular complexity index is 652. The van der Waals surface area contributed by atoms with E-state index in [0.717, 1.165) is 36.4 Å². The molecule has 0 heterocycles. The van der Waals surface area contributed by atoms with Crippen molar-refractivity contribution in [3.8, 4) is 0 Å². The summed E-state index contributed by atoms with van der Waals surface area (Å²) in [5.74, 6) is -1.44. The molecule has 112 valence electrons. The van der Waals surface area contributed by atoms with Crippen molar-refractivity contribution >= 4 is 15.9 Å². The SMILES string of the molecule is NC(c1ccc(C(F)(F)F)cc1)c1cc(F)c(Br)cc1F. The summed E-state index contributed by atoms with van der Waals surface area (Å²) in [5, 5.41) is 0. The van der Waals surface area contributed by atoms with Crippen molar-refractivity contribution in [1.29, 1.82) is 0 Å². The fourth-order valence-corrected chi connectivity index (χ4v) is 2.15. The normalized spacial score (nSPS) is 13.3. The van der Waals surface area contributed by atoms with Gasteiger partial charge in [0.05, 0.1) is 16.1 Å². The summed E-state index contributed by atoms with van der Waals surface area (Å²) in [6.07, 6.45) is -4.46. The predicted molar refractivity (Wildman–Crippen MR) is 71.5 cm³/mol. The maximum atomic E-state index is 13.8. The lowest BCUT2D eigenvalue weighted by Crippen LogP contribution is -2.15. The molecule has 2 rings (SSSR count). The standard InChI is InChI=1S/C14H9BrF5N/c15-10-6-11(16)9(5-12(10)17)13(21)7-1-3-8(4-2-7)14(18,19)20/h1-6,13H,21H2. The first-order valence-electron chi connectivity index (χ1n) is 5.77. The Morgan fingerprint density at radius 2 is 1.52 bits per heavy atom. The van der Waals surface area contributed by atoms with Gasteiger partial charge in [-0.2, -0.15) is 13.2 Å². The molecule has 7 heteroatoms. The van der Waals surface area contributed by atoms with Gasteiger partial charge in [-0.05, 0) is 45.8 Å². The van der Waals surface area contributed by atoms with E-state index in [4.69, 9.17) is 5.73 Å². The van der Waals surface area contributed by atoms with Crippen LogP contribution in [0.25, 0.3) is 0 Å². The highest BCUT2D eigenvalue weighted by molar-refractivity contribution is 9.10. The first-order valence-corrected chi connectivity index (χ1v) is 6.56. The molecule has 0 aliphatic rings. The van der Waals surface area contributed by atoms with Gasteiger partial charge in [-0.25, -0.2) is 8.78 Å². The summed E-state index contributed by atoms with van der Waals surface area (Å²) in [5.41, 5.74) is 5.08. The molecule has 0 spiro atoms. The van der Waals surface area contributed by atoms with Crippen molar-refractivity contribution in [3.63, 3.8) is 0 Å². The van der Waals surface area contributed by atoms with Crippen molar-refractivity contribution in [2.75, 3.05) is 0 Å². The molecule has 1 atom stereocenters. The quantitative estimate of drug-likeness (QED) is 0.600. The third kappa shape index (κ3) is 3.41. The van der Waals surface area contributed by atoms with E-state index < -0.39 is 29.4 Å². The zero-order valence-corrected chi connectivity index (χ0v) is 12.0. The molecule has 0 aliphatic carbocycles. The van der Waals surface area contributed by atoms with E-state index in [9.17, 15) is 22.0 Å². The number of benzene rings is 2. The molecule has 0 aliphatic heterocycles. The van der Waals surface area contributed by atoms with Gasteiger partial charge in [0.25, 0.3) is 0 Å². The molecular weight excluding hydrogens is 357 g/mol. The van der Waals surface area contributed by atoms with Gasteiger partial charge >= 0.3 is 6.18 Å². The fourth-order valence-electron chi connectivity index (χ4n) is 1.84. The molecule has 1 nitrogen and oxygen atoms in total. The summed E-state index contributed by atoms with van der Waals surface area (Å²) in [4.78, 5) is 0. The van der Waals surface area contributed by atoms with Crippen LogP contribution >= 0.6 is 15.9 Å². The van der Waals surface area contributed by atoms with E-state index in [1.54, 1.807) is 0 Å². The average molecular weight is 366 g/mol. The Labute approximate surface area is 125 Å². The number of hydrogen-bond acceptors (Lipinski definition) is 1. The van der Waals surface area contributed by atoms with Crippen LogP contribution < -0.4 is 5.73 Å². The van der Waals surface area contributed by atoms with Crippen LogP contribution in [0.2, 0.25) is 0 Å². The summed E-state index contributed by atoms with van der Waals surface area (Å²) in [6, 6.07) is 4.77. The second-order valence-corrected chi connectivity index (χ2v) is 5.24. The van der Waals surface area contributed by atoms with Crippen LogP contribution in [0.15, 0.2) is 40.9 Å². The number of nitrogens with two attached hydrogens (primary N) is 1. The predicted octanol–water partition coefficient (Wildman–Crippen LogP) is 4.79. The van der Waals surface area contributed by atoms with Crippen molar-refractivity contribution in [2.45, 2.75) is 12.2 Å². The Balaban J connectivity index is 2.36. The van der Waals surface area contributed by atoms with Crippen molar-refractivity contribution in [1.82, 2.24) is 0 Å². The van der Waals surface area contributed by atoms with Gasteiger partial charge in [0.2, 0.25) is 0 Å². The maximum absolute atomic E-state index is 13.8. The minimum Gasteiger partial charge on any atom is -0.320 e. The number of alkyl halides is 3. The second-order valence-electron chi connectivity index (χ2n) is 4.39. The molecule has 1 unspecified atom stereocenters. The Morgan fingerprint density at radius 1 is 0.952 bits per heavy atom. The minimum absolute atomic E-state index is 0.0524. The number of rotatable bonds is 2. The highest BCUT2D eigenvalue weighted by Gasteiger charge is 2.30. The van der Waals surface area contributed by atoms with Gasteiger partial charge < -0.3 is 5.73 Å². The first kappa shape index (κ1) is 15.9. The molecule has 0 amide bonds. The second kappa shape index (κ2) is 5.73. The van der Waals surface area contributed by atoms with Crippen LogP contribution in [-0.4, -0.2) is 0 Å². The van der Waals surface area contributed by atoms with E-state index in [0.29, 0.717) is 0 Å². The minimum atomic E-state index is -4.46. The van der Waals surface area contributed by atoms with E-state index in [-0.39, 0.29) is 15.6 Å². The molecule has 0 aromatic heterocycles. The summed E-state index contributed by atoms with van der Waals surface area (Å²) in [6.45, 7) is 0. The topological polar surface area (TPSA) is 26.0 Å². The Morgan fingerprint density at radius 3 is 2.05 bits per heavy atom. The van der Waals surface area contributed by atoms with E-state index in [1.165, 1.54) is 0 Å². The van der Waals surface area contributed by atoms with Gasteiger partial charge in [-0.15, -0.1) is 0 Å². The molecular formula is C14H9BrF5N. The van der Waals surface area contributed by atoms with Gasteiger partial charge in [0, 0.05) is 5.56 Å².